The Hall–Kier alpha value is -0.970. The average Bonchev–Trinajstić information content (AvgIpc) is 2.51. The molecule has 0 aliphatic rings. The summed E-state index contributed by atoms with van der Waals surface area (Å²) in [4.78, 5) is 11.3. The third kappa shape index (κ3) is 2.51. The minimum absolute atomic E-state index is 0.0671. The van der Waals surface area contributed by atoms with Crippen molar-refractivity contribution in [2.45, 2.75) is 33.1 Å². The highest BCUT2D eigenvalue weighted by Crippen LogP contribution is 2.25. The lowest BCUT2D eigenvalue weighted by Gasteiger charge is -2.12. The van der Waals surface area contributed by atoms with Gasteiger partial charge in [-0.3, -0.25) is 0 Å². The van der Waals surface area contributed by atoms with Crippen LogP contribution in [-0.2, 0) is 10.2 Å². The van der Waals surface area contributed by atoms with Gasteiger partial charge in [-0.05, 0) is 6.92 Å². The summed E-state index contributed by atoms with van der Waals surface area (Å²) in [5.41, 5.74) is -0.0671. The first kappa shape index (κ1) is 11.1. The van der Waals surface area contributed by atoms with Gasteiger partial charge >= 0.3 is 5.97 Å². The largest absolute Gasteiger partial charge is 0.461 e. The second-order valence-corrected chi connectivity index (χ2v) is 4.86. The van der Waals surface area contributed by atoms with E-state index in [9.17, 15) is 4.79 Å². The van der Waals surface area contributed by atoms with Crippen LogP contribution in [0.3, 0.4) is 0 Å². The van der Waals surface area contributed by atoms with Gasteiger partial charge in [-0.15, -0.1) is 10.2 Å². The van der Waals surface area contributed by atoms with Crippen molar-refractivity contribution in [3.8, 4) is 0 Å². The van der Waals surface area contributed by atoms with Crippen LogP contribution in [0.5, 0.6) is 0 Å². The van der Waals surface area contributed by atoms with Gasteiger partial charge in [0, 0.05) is 5.41 Å². The predicted molar refractivity (Wildman–Crippen MR) is 54.6 cm³/mol. The number of hydrogen-bond donors (Lipinski definition) is 0. The molecule has 0 saturated heterocycles. The fourth-order valence-electron chi connectivity index (χ4n) is 0.802. The zero-order valence-electron chi connectivity index (χ0n) is 8.83. The van der Waals surface area contributed by atoms with Crippen molar-refractivity contribution in [1.82, 2.24) is 10.2 Å². The smallest absolute Gasteiger partial charge is 0.369 e. The van der Waals surface area contributed by atoms with Crippen LogP contribution in [0.4, 0.5) is 0 Å². The SMILES string of the molecule is CCOC(=O)c1nnc(C(C)(C)C)s1. The molecule has 0 aliphatic carbocycles. The molecule has 0 saturated carbocycles. The van der Waals surface area contributed by atoms with Crippen LogP contribution in [0.2, 0.25) is 0 Å². The lowest BCUT2D eigenvalue weighted by atomic mass is 9.98. The Kier molecular flexibility index (Phi) is 3.21. The lowest BCUT2D eigenvalue weighted by Crippen LogP contribution is -2.10. The molecule has 0 bridgehead atoms. The summed E-state index contributed by atoms with van der Waals surface area (Å²) in [5.74, 6) is -0.388. The van der Waals surface area contributed by atoms with Crippen LogP contribution < -0.4 is 0 Å². The summed E-state index contributed by atoms with van der Waals surface area (Å²) in [6.07, 6.45) is 0. The number of esters is 1. The van der Waals surface area contributed by atoms with Crippen LogP contribution in [0.25, 0.3) is 0 Å². The van der Waals surface area contributed by atoms with Crippen molar-refractivity contribution in [1.29, 1.82) is 0 Å². The van der Waals surface area contributed by atoms with Gasteiger partial charge in [0.25, 0.3) is 0 Å². The van der Waals surface area contributed by atoms with E-state index in [4.69, 9.17) is 4.74 Å². The summed E-state index contributed by atoms with van der Waals surface area (Å²) in [7, 11) is 0. The van der Waals surface area contributed by atoms with Crippen molar-refractivity contribution in [3.05, 3.63) is 10.0 Å². The second-order valence-electron chi connectivity index (χ2n) is 3.88. The zero-order chi connectivity index (χ0) is 10.8. The van der Waals surface area contributed by atoms with Crippen LogP contribution in [-0.4, -0.2) is 22.8 Å². The Bertz CT molecular complexity index is 328. The van der Waals surface area contributed by atoms with E-state index in [-0.39, 0.29) is 11.4 Å². The maximum Gasteiger partial charge on any atom is 0.369 e. The van der Waals surface area contributed by atoms with E-state index in [1.54, 1.807) is 6.92 Å². The van der Waals surface area contributed by atoms with Gasteiger partial charge in [0.1, 0.15) is 5.01 Å². The molecule has 1 aromatic rings. The topological polar surface area (TPSA) is 52.1 Å². The Morgan fingerprint density at radius 3 is 2.50 bits per heavy atom. The molecule has 0 fully saturated rings. The number of ether oxygens (including phenoxy) is 1. The van der Waals surface area contributed by atoms with E-state index in [1.807, 2.05) is 20.8 Å². The molecule has 78 valence electrons. The fraction of sp³-hybridized carbons (Fsp3) is 0.667. The third-order valence-electron chi connectivity index (χ3n) is 1.52. The molecule has 1 rings (SSSR count). The van der Waals surface area contributed by atoms with Crippen molar-refractivity contribution < 1.29 is 9.53 Å². The van der Waals surface area contributed by atoms with E-state index in [1.165, 1.54) is 11.3 Å². The number of aromatic nitrogens is 2. The molecular formula is C9H14N2O2S. The van der Waals surface area contributed by atoms with E-state index in [2.05, 4.69) is 10.2 Å². The monoisotopic (exact) mass is 214 g/mol. The zero-order valence-corrected chi connectivity index (χ0v) is 9.64. The highest BCUT2D eigenvalue weighted by atomic mass is 32.1. The second kappa shape index (κ2) is 4.04. The Labute approximate surface area is 87.3 Å². The highest BCUT2D eigenvalue weighted by Gasteiger charge is 2.22. The van der Waals surface area contributed by atoms with E-state index >= 15 is 0 Å². The maximum absolute atomic E-state index is 11.3. The quantitative estimate of drug-likeness (QED) is 0.707. The number of carbonyl (C=O) groups is 1. The van der Waals surface area contributed by atoms with Gasteiger partial charge in [0.05, 0.1) is 6.61 Å². The normalized spacial score (nSPS) is 11.4. The molecule has 1 aromatic heterocycles. The molecule has 0 spiro atoms. The standard InChI is InChI=1S/C9H14N2O2S/c1-5-13-7(12)6-10-11-8(14-6)9(2,3)4/h5H2,1-4H3. The maximum atomic E-state index is 11.3. The van der Waals surface area contributed by atoms with Crippen LogP contribution >= 0.6 is 11.3 Å². The van der Waals surface area contributed by atoms with E-state index < -0.39 is 0 Å². The van der Waals surface area contributed by atoms with Crippen LogP contribution in [0, 0.1) is 0 Å². The molecule has 0 radical (unpaired) electrons. The Balaban J connectivity index is 2.83. The van der Waals surface area contributed by atoms with Crippen LogP contribution in [0.15, 0.2) is 0 Å². The summed E-state index contributed by atoms with van der Waals surface area (Å²) in [6.45, 7) is 8.22. The first-order valence-electron chi connectivity index (χ1n) is 4.46. The van der Waals surface area contributed by atoms with Gasteiger partial charge in [0.2, 0.25) is 5.01 Å². The Morgan fingerprint density at radius 2 is 2.07 bits per heavy atom. The molecule has 4 nitrogen and oxygen atoms in total. The summed E-state index contributed by atoms with van der Waals surface area (Å²) in [5, 5.41) is 8.93. The first-order valence-corrected chi connectivity index (χ1v) is 5.28. The molecule has 5 heteroatoms. The van der Waals surface area contributed by atoms with E-state index in [0.717, 1.165) is 5.01 Å². The molecule has 0 atom stereocenters. The fourth-order valence-corrected chi connectivity index (χ4v) is 1.60. The first-order chi connectivity index (χ1) is 6.45. The van der Waals surface area contributed by atoms with Gasteiger partial charge in [0.15, 0.2) is 0 Å². The summed E-state index contributed by atoms with van der Waals surface area (Å²) in [6, 6.07) is 0. The number of carbonyl (C=O) groups excluding carboxylic acids is 1. The molecule has 0 unspecified atom stereocenters. The number of hydrogen-bond acceptors (Lipinski definition) is 5. The minimum atomic E-state index is -0.388. The Morgan fingerprint density at radius 1 is 1.43 bits per heavy atom. The summed E-state index contributed by atoms with van der Waals surface area (Å²) < 4.78 is 4.82. The molecule has 1 heterocycles. The molecule has 14 heavy (non-hydrogen) atoms. The summed E-state index contributed by atoms with van der Waals surface area (Å²) >= 11 is 1.29. The van der Waals surface area contributed by atoms with Crippen molar-refractivity contribution >= 4 is 17.3 Å². The predicted octanol–water partition coefficient (Wildman–Crippen LogP) is 2.01. The van der Waals surface area contributed by atoms with Crippen molar-refractivity contribution in [3.63, 3.8) is 0 Å². The van der Waals surface area contributed by atoms with Crippen LogP contribution in [0.1, 0.15) is 42.5 Å². The molecule has 0 aromatic carbocycles. The third-order valence-corrected chi connectivity index (χ3v) is 2.85. The van der Waals surface area contributed by atoms with E-state index in [0.29, 0.717) is 11.6 Å². The van der Waals surface area contributed by atoms with Gasteiger partial charge in [-0.25, -0.2) is 4.79 Å². The number of rotatable bonds is 2. The molecular weight excluding hydrogens is 200 g/mol. The molecule has 0 amide bonds. The highest BCUT2D eigenvalue weighted by molar-refractivity contribution is 7.13. The molecule has 0 aliphatic heterocycles. The van der Waals surface area contributed by atoms with Crippen molar-refractivity contribution in [2.24, 2.45) is 0 Å². The lowest BCUT2D eigenvalue weighted by molar-refractivity contribution is 0.0525. The van der Waals surface area contributed by atoms with Gasteiger partial charge < -0.3 is 4.74 Å². The molecule has 0 N–H and O–H groups in total. The average molecular weight is 214 g/mol. The van der Waals surface area contributed by atoms with Crippen molar-refractivity contribution in [2.75, 3.05) is 6.61 Å². The van der Waals surface area contributed by atoms with Gasteiger partial charge in [-0.2, -0.15) is 0 Å². The van der Waals surface area contributed by atoms with Gasteiger partial charge in [-0.1, -0.05) is 32.1 Å². The number of nitrogens with zero attached hydrogens (tertiary/aromatic N) is 2. The minimum Gasteiger partial charge on any atom is -0.461 e.